The summed E-state index contributed by atoms with van der Waals surface area (Å²) in [6.07, 6.45) is 0.386. The highest BCUT2D eigenvalue weighted by Crippen LogP contribution is 2.26. The molecule has 3 aromatic rings. The first-order valence-electron chi connectivity index (χ1n) is 10.8. The van der Waals surface area contributed by atoms with Crippen LogP contribution in [0.3, 0.4) is 0 Å². The Morgan fingerprint density at radius 3 is 2.38 bits per heavy atom. The minimum Gasteiger partial charge on any atom is -0.497 e. The molecule has 3 rings (SSSR count). The molecular formula is C25H27N3O5S. The second kappa shape index (κ2) is 11.9. The van der Waals surface area contributed by atoms with Gasteiger partial charge in [-0.1, -0.05) is 32.0 Å². The Hall–Kier alpha value is -3.72. The van der Waals surface area contributed by atoms with Crippen LogP contribution in [0.25, 0.3) is 11.3 Å². The van der Waals surface area contributed by atoms with E-state index in [4.69, 9.17) is 9.47 Å². The molecule has 0 aliphatic rings. The fourth-order valence-electron chi connectivity index (χ4n) is 3.13. The fraction of sp³-hybridized carbons (Fsp3) is 0.280. The van der Waals surface area contributed by atoms with Crippen molar-refractivity contribution < 1.29 is 23.9 Å². The SMILES string of the molecule is COc1ccc(-c2csc(NC(=O)COC(=O)C(CC(C)C)NC(=O)c3ccccc3)n2)cc1. The molecule has 1 heterocycles. The third kappa shape index (κ3) is 7.14. The van der Waals surface area contributed by atoms with Crippen LogP contribution in [0.1, 0.15) is 30.6 Å². The Morgan fingerprint density at radius 1 is 1.03 bits per heavy atom. The molecule has 1 atom stereocenters. The summed E-state index contributed by atoms with van der Waals surface area (Å²) in [6.45, 7) is 3.39. The summed E-state index contributed by atoms with van der Waals surface area (Å²) in [5, 5.41) is 7.55. The lowest BCUT2D eigenvalue weighted by Crippen LogP contribution is -2.43. The summed E-state index contributed by atoms with van der Waals surface area (Å²) in [6, 6.07) is 15.2. The molecule has 0 aliphatic carbocycles. The molecule has 0 fully saturated rings. The van der Waals surface area contributed by atoms with Gasteiger partial charge in [0.1, 0.15) is 11.8 Å². The van der Waals surface area contributed by atoms with Gasteiger partial charge >= 0.3 is 5.97 Å². The van der Waals surface area contributed by atoms with E-state index >= 15 is 0 Å². The maximum absolute atomic E-state index is 12.6. The standard InChI is InChI=1S/C25H27N3O5S/c1-16(2)13-20(26-23(30)18-7-5-4-6-8-18)24(31)33-14-22(29)28-25-27-21(15-34-25)17-9-11-19(32-3)12-10-17/h4-12,15-16,20H,13-14H2,1-3H3,(H,26,30)(H,27,28,29). The van der Waals surface area contributed by atoms with Gasteiger partial charge in [-0.2, -0.15) is 0 Å². The topological polar surface area (TPSA) is 107 Å². The number of ether oxygens (including phenoxy) is 2. The third-order valence-electron chi connectivity index (χ3n) is 4.81. The van der Waals surface area contributed by atoms with E-state index in [9.17, 15) is 14.4 Å². The first kappa shape index (κ1) is 24.9. The van der Waals surface area contributed by atoms with E-state index in [-0.39, 0.29) is 11.8 Å². The van der Waals surface area contributed by atoms with E-state index in [0.717, 1.165) is 11.3 Å². The molecule has 9 heteroatoms. The quantitative estimate of drug-likeness (QED) is 0.422. The van der Waals surface area contributed by atoms with E-state index in [0.29, 0.717) is 22.8 Å². The second-order valence-electron chi connectivity index (χ2n) is 7.94. The summed E-state index contributed by atoms with van der Waals surface area (Å²) in [5.74, 6) is -0.673. The Morgan fingerprint density at radius 2 is 1.74 bits per heavy atom. The number of nitrogens with zero attached hydrogens (tertiary/aromatic N) is 1. The first-order chi connectivity index (χ1) is 16.4. The van der Waals surface area contributed by atoms with Gasteiger partial charge in [0.25, 0.3) is 11.8 Å². The van der Waals surface area contributed by atoms with Crippen molar-refractivity contribution in [2.24, 2.45) is 5.92 Å². The number of hydrogen-bond acceptors (Lipinski definition) is 7. The molecule has 0 spiro atoms. The number of nitrogens with one attached hydrogen (secondary N) is 2. The molecule has 178 valence electrons. The highest BCUT2D eigenvalue weighted by molar-refractivity contribution is 7.14. The molecule has 0 radical (unpaired) electrons. The number of aromatic nitrogens is 1. The highest BCUT2D eigenvalue weighted by Gasteiger charge is 2.25. The van der Waals surface area contributed by atoms with Crippen LogP contribution in [0.15, 0.2) is 60.0 Å². The maximum Gasteiger partial charge on any atom is 0.329 e. The van der Waals surface area contributed by atoms with Crippen LogP contribution in [0.4, 0.5) is 5.13 Å². The van der Waals surface area contributed by atoms with Gasteiger partial charge in [-0.15, -0.1) is 11.3 Å². The Bertz CT molecular complexity index is 1110. The molecular weight excluding hydrogens is 454 g/mol. The van der Waals surface area contributed by atoms with Gasteiger partial charge in [0, 0.05) is 16.5 Å². The Labute approximate surface area is 202 Å². The lowest BCUT2D eigenvalue weighted by molar-refractivity contribution is -0.149. The maximum atomic E-state index is 12.6. The Balaban J connectivity index is 1.54. The van der Waals surface area contributed by atoms with Crippen molar-refractivity contribution in [1.82, 2.24) is 10.3 Å². The Kier molecular flexibility index (Phi) is 8.75. The largest absolute Gasteiger partial charge is 0.497 e. The zero-order valence-electron chi connectivity index (χ0n) is 19.2. The van der Waals surface area contributed by atoms with Crippen molar-refractivity contribution in [3.05, 3.63) is 65.5 Å². The van der Waals surface area contributed by atoms with Gasteiger partial charge in [-0.3, -0.25) is 14.9 Å². The number of anilines is 1. The molecule has 0 bridgehead atoms. The summed E-state index contributed by atoms with van der Waals surface area (Å²) in [4.78, 5) is 41.8. The fourth-order valence-corrected chi connectivity index (χ4v) is 3.87. The van der Waals surface area contributed by atoms with Crippen molar-refractivity contribution in [2.75, 3.05) is 19.0 Å². The van der Waals surface area contributed by atoms with Crippen molar-refractivity contribution >= 4 is 34.3 Å². The first-order valence-corrected chi connectivity index (χ1v) is 11.7. The molecule has 0 saturated heterocycles. The smallest absolute Gasteiger partial charge is 0.329 e. The van der Waals surface area contributed by atoms with Crippen molar-refractivity contribution in [1.29, 1.82) is 0 Å². The van der Waals surface area contributed by atoms with Gasteiger partial charge in [0.15, 0.2) is 11.7 Å². The van der Waals surface area contributed by atoms with E-state index in [2.05, 4.69) is 15.6 Å². The summed E-state index contributed by atoms with van der Waals surface area (Å²) < 4.78 is 10.3. The predicted molar refractivity (Wildman–Crippen MR) is 131 cm³/mol. The number of hydrogen-bond donors (Lipinski definition) is 2. The van der Waals surface area contributed by atoms with Crippen LogP contribution >= 0.6 is 11.3 Å². The monoisotopic (exact) mass is 481 g/mol. The van der Waals surface area contributed by atoms with Crippen molar-refractivity contribution in [3.8, 4) is 17.0 Å². The van der Waals surface area contributed by atoms with Crippen LogP contribution in [0, 0.1) is 5.92 Å². The van der Waals surface area contributed by atoms with E-state index in [1.54, 1.807) is 37.4 Å². The average molecular weight is 482 g/mol. The number of benzene rings is 2. The van der Waals surface area contributed by atoms with Gasteiger partial charge < -0.3 is 14.8 Å². The molecule has 2 aromatic carbocycles. The van der Waals surface area contributed by atoms with Crippen LogP contribution in [-0.4, -0.2) is 42.5 Å². The minimum absolute atomic E-state index is 0.133. The molecule has 0 saturated carbocycles. The van der Waals surface area contributed by atoms with Gasteiger partial charge in [0.2, 0.25) is 0 Å². The number of amides is 2. The summed E-state index contributed by atoms with van der Waals surface area (Å²) >= 11 is 1.27. The lowest BCUT2D eigenvalue weighted by Gasteiger charge is -2.19. The zero-order chi connectivity index (χ0) is 24.5. The second-order valence-corrected chi connectivity index (χ2v) is 8.80. The molecule has 34 heavy (non-hydrogen) atoms. The van der Waals surface area contributed by atoms with Crippen molar-refractivity contribution in [2.45, 2.75) is 26.3 Å². The van der Waals surface area contributed by atoms with Crippen LogP contribution in [0.2, 0.25) is 0 Å². The molecule has 2 amide bonds. The molecule has 1 unspecified atom stereocenters. The minimum atomic E-state index is -0.859. The molecule has 2 N–H and O–H groups in total. The highest BCUT2D eigenvalue weighted by atomic mass is 32.1. The summed E-state index contributed by atoms with van der Waals surface area (Å²) in [7, 11) is 1.60. The van der Waals surface area contributed by atoms with Gasteiger partial charge in [0.05, 0.1) is 12.8 Å². The van der Waals surface area contributed by atoms with Gasteiger partial charge in [-0.25, -0.2) is 9.78 Å². The van der Waals surface area contributed by atoms with Crippen LogP contribution in [-0.2, 0) is 14.3 Å². The van der Waals surface area contributed by atoms with Crippen LogP contribution in [0.5, 0.6) is 5.75 Å². The van der Waals surface area contributed by atoms with E-state index in [1.807, 2.05) is 43.5 Å². The number of esters is 1. The average Bonchev–Trinajstić information content (AvgIpc) is 3.30. The number of carbonyl (C=O) groups is 3. The molecule has 1 aromatic heterocycles. The molecule has 0 aliphatic heterocycles. The van der Waals surface area contributed by atoms with E-state index in [1.165, 1.54) is 11.3 Å². The molecule has 8 nitrogen and oxygen atoms in total. The predicted octanol–water partition coefficient (Wildman–Crippen LogP) is 4.15. The summed E-state index contributed by atoms with van der Waals surface area (Å²) in [5.41, 5.74) is 2.04. The van der Waals surface area contributed by atoms with Crippen molar-refractivity contribution in [3.63, 3.8) is 0 Å². The number of methoxy groups -OCH3 is 1. The lowest BCUT2D eigenvalue weighted by atomic mass is 10.0. The van der Waals surface area contributed by atoms with Crippen LogP contribution < -0.4 is 15.4 Å². The number of thiazole rings is 1. The normalized spacial score (nSPS) is 11.5. The zero-order valence-corrected chi connectivity index (χ0v) is 20.1. The number of rotatable bonds is 10. The van der Waals surface area contributed by atoms with E-state index < -0.39 is 24.5 Å². The third-order valence-corrected chi connectivity index (χ3v) is 5.57. The van der Waals surface area contributed by atoms with Gasteiger partial charge in [-0.05, 0) is 48.7 Å². The number of carbonyl (C=O) groups excluding carboxylic acids is 3.